The Labute approximate surface area is 184 Å². The minimum absolute atomic E-state index is 0.0549. The van der Waals surface area contributed by atoms with E-state index in [9.17, 15) is 33.7 Å². The zero-order chi connectivity index (χ0) is 24.8. The van der Waals surface area contributed by atoms with Gasteiger partial charge in [0.15, 0.2) is 17.7 Å². The van der Waals surface area contributed by atoms with E-state index in [2.05, 4.69) is 28.1 Å². The van der Waals surface area contributed by atoms with Gasteiger partial charge in [0.05, 0.1) is 25.6 Å². The summed E-state index contributed by atoms with van der Waals surface area (Å²) in [7, 11) is -16.7. The molecule has 186 valence electrons. The van der Waals surface area contributed by atoms with Crippen molar-refractivity contribution in [2.24, 2.45) is 5.92 Å². The molecule has 0 aliphatic carbocycles. The lowest BCUT2D eigenvalue weighted by molar-refractivity contribution is -0.0893. The summed E-state index contributed by atoms with van der Waals surface area (Å²) in [5, 5.41) is 20.8. The Morgan fingerprint density at radius 2 is 1.82 bits per heavy atom. The molecular formula is C12H20N5O13P3. The number of ether oxygens (including phenoxy) is 1. The Hall–Kier alpha value is -1.36. The number of nitrogens with two attached hydrogens (primary N) is 1. The molecule has 0 amide bonds. The van der Waals surface area contributed by atoms with E-state index in [1.807, 2.05) is 0 Å². The van der Waals surface area contributed by atoms with Crippen LogP contribution in [0.3, 0.4) is 0 Å². The topological polar surface area (TPSA) is 279 Å². The molecular weight excluding hydrogens is 515 g/mol. The molecule has 0 saturated carbocycles. The molecule has 4 unspecified atom stereocenters. The summed E-state index contributed by atoms with van der Waals surface area (Å²) in [6, 6.07) is 0. The number of fused-ring (bicyclic) bond motifs is 1. The Morgan fingerprint density at radius 1 is 1.15 bits per heavy atom. The number of anilines is 1. The fourth-order valence-corrected chi connectivity index (χ4v) is 6.31. The van der Waals surface area contributed by atoms with Gasteiger partial charge in [-0.05, 0) is 6.92 Å². The van der Waals surface area contributed by atoms with Gasteiger partial charge in [-0.25, -0.2) is 28.6 Å². The van der Waals surface area contributed by atoms with Crippen LogP contribution < -0.4 is 5.73 Å². The van der Waals surface area contributed by atoms with Gasteiger partial charge in [0.2, 0.25) is 0 Å². The number of aromatic nitrogens is 4. The summed E-state index contributed by atoms with van der Waals surface area (Å²) in [5.74, 6) is -1.06. The van der Waals surface area contributed by atoms with Crippen molar-refractivity contribution in [3.8, 4) is 0 Å². The van der Waals surface area contributed by atoms with Gasteiger partial charge < -0.3 is 40.3 Å². The normalized spacial score (nSPS) is 29.7. The van der Waals surface area contributed by atoms with E-state index in [1.165, 1.54) is 17.8 Å². The van der Waals surface area contributed by atoms with E-state index < -0.39 is 60.5 Å². The molecule has 0 spiro atoms. The first kappa shape index (κ1) is 26.2. The van der Waals surface area contributed by atoms with Crippen LogP contribution in [0.2, 0.25) is 0 Å². The standard InChI is InChI=1S/C12H20N5O13P3/c1-12(19)6(2-18)7(3-27-32(23,24)30-33(25,26)29-31(20,21)22)28-11(12)17-5-16-8-9(13)14-4-15-10(8)17/h4-7,11,18-19H,2-3H2,1H3,(H,23,24)(H,25,26)(H2,13,14,15)(H2,20,21,22)/t6?,7-,11-,12?/m1/s1. The smallest absolute Gasteiger partial charge is 0.396 e. The number of hydrogen-bond acceptors (Lipinski definition) is 13. The molecule has 6 atom stereocenters. The first-order valence-electron chi connectivity index (χ1n) is 8.76. The average Bonchev–Trinajstić information content (AvgIpc) is 3.15. The Bertz CT molecular complexity index is 1170. The molecule has 8 N–H and O–H groups in total. The van der Waals surface area contributed by atoms with Crippen LogP contribution in [0.1, 0.15) is 13.2 Å². The summed E-state index contributed by atoms with van der Waals surface area (Å²) in [6.07, 6.45) is -0.135. The van der Waals surface area contributed by atoms with E-state index in [0.717, 1.165) is 6.33 Å². The molecule has 1 aliphatic rings. The van der Waals surface area contributed by atoms with Crippen LogP contribution in [0, 0.1) is 5.92 Å². The SMILES string of the molecule is CC1(O)C(CO)[C@@H](COP(=O)(O)OP(=O)(O)OP(=O)(O)O)O[C@H]1n1cnc2c(N)ncnc21. The van der Waals surface area contributed by atoms with E-state index >= 15 is 0 Å². The highest BCUT2D eigenvalue weighted by Gasteiger charge is 2.54. The third-order valence-corrected chi connectivity index (χ3v) is 8.46. The molecule has 2 aromatic heterocycles. The Balaban J connectivity index is 1.79. The second-order valence-electron chi connectivity index (χ2n) is 7.01. The maximum absolute atomic E-state index is 12.0. The quantitative estimate of drug-likeness (QED) is 0.190. The van der Waals surface area contributed by atoms with Crippen LogP contribution in [0.4, 0.5) is 5.82 Å². The van der Waals surface area contributed by atoms with Crippen LogP contribution in [-0.2, 0) is 31.6 Å². The lowest BCUT2D eigenvalue weighted by Crippen LogP contribution is -2.42. The molecule has 1 saturated heterocycles. The molecule has 3 rings (SSSR count). The van der Waals surface area contributed by atoms with E-state index in [-0.39, 0.29) is 17.0 Å². The molecule has 0 radical (unpaired) electrons. The first-order valence-corrected chi connectivity index (χ1v) is 13.3. The van der Waals surface area contributed by atoms with Crippen LogP contribution in [0.5, 0.6) is 0 Å². The van der Waals surface area contributed by atoms with Gasteiger partial charge in [0.25, 0.3) is 0 Å². The van der Waals surface area contributed by atoms with Crippen molar-refractivity contribution in [1.29, 1.82) is 0 Å². The largest absolute Gasteiger partial charge is 0.490 e. The number of phosphoric acid groups is 3. The van der Waals surface area contributed by atoms with Gasteiger partial charge in [-0.2, -0.15) is 8.62 Å². The predicted molar refractivity (Wildman–Crippen MR) is 105 cm³/mol. The van der Waals surface area contributed by atoms with E-state index in [4.69, 9.17) is 20.3 Å². The van der Waals surface area contributed by atoms with Crippen LogP contribution in [-0.4, -0.2) is 74.2 Å². The van der Waals surface area contributed by atoms with E-state index in [1.54, 1.807) is 0 Å². The number of imidazole rings is 1. The second kappa shape index (κ2) is 9.02. The second-order valence-corrected chi connectivity index (χ2v) is 11.4. The maximum atomic E-state index is 12.0. The number of hydrogen-bond donors (Lipinski definition) is 7. The molecule has 0 aromatic carbocycles. The van der Waals surface area contributed by atoms with Gasteiger partial charge in [-0.15, -0.1) is 0 Å². The number of aliphatic hydroxyl groups is 2. The average molecular weight is 535 g/mol. The highest BCUT2D eigenvalue weighted by molar-refractivity contribution is 7.66. The molecule has 1 aliphatic heterocycles. The Morgan fingerprint density at radius 3 is 2.42 bits per heavy atom. The first-order chi connectivity index (χ1) is 15.1. The van der Waals surface area contributed by atoms with Crippen molar-refractivity contribution in [3.63, 3.8) is 0 Å². The molecule has 33 heavy (non-hydrogen) atoms. The molecule has 21 heteroatoms. The molecule has 18 nitrogen and oxygen atoms in total. The lowest BCUT2D eigenvalue weighted by Gasteiger charge is -2.29. The molecule has 1 fully saturated rings. The summed E-state index contributed by atoms with van der Waals surface area (Å²) in [4.78, 5) is 47.8. The monoisotopic (exact) mass is 535 g/mol. The summed E-state index contributed by atoms with van der Waals surface area (Å²) in [6.45, 7) is -0.247. The minimum atomic E-state index is -5.71. The van der Waals surface area contributed by atoms with Crippen LogP contribution in [0.25, 0.3) is 11.2 Å². The molecule has 2 aromatic rings. The van der Waals surface area contributed by atoms with Crippen molar-refractivity contribution < 1.29 is 61.4 Å². The molecule has 0 bridgehead atoms. The van der Waals surface area contributed by atoms with Gasteiger partial charge in [-0.3, -0.25) is 9.09 Å². The van der Waals surface area contributed by atoms with Crippen molar-refractivity contribution in [2.45, 2.75) is 24.9 Å². The third-order valence-electron chi connectivity index (χ3n) is 4.66. The van der Waals surface area contributed by atoms with E-state index in [0.29, 0.717) is 0 Å². The minimum Gasteiger partial charge on any atom is -0.396 e. The third kappa shape index (κ3) is 5.83. The zero-order valence-electron chi connectivity index (χ0n) is 16.5. The summed E-state index contributed by atoms with van der Waals surface area (Å²) < 4.78 is 52.9. The Kier molecular flexibility index (Phi) is 7.17. The van der Waals surface area contributed by atoms with Gasteiger partial charge in [0, 0.05) is 5.92 Å². The zero-order valence-corrected chi connectivity index (χ0v) is 19.2. The van der Waals surface area contributed by atoms with Crippen molar-refractivity contribution in [3.05, 3.63) is 12.7 Å². The number of aliphatic hydroxyl groups excluding tert-OH is 1. The molecule has 3 heterocycles. The highest BCUT2D eigenvalue weighted by atomic mass is 31.3. The fourth-order valence-electron chi connectivity index (χ4n) is 3.28. The predicted octanol–water partition coefficient (Wildman–Crippen LogP) is -0.991. The summed E-state index contributed by atoms with van der Waals surface area (Å²) >= 11 is 0. The van der Waals surface area contributed by atoms with Gasteiger partial charge in [-0.1, -0.05) is 0 Å². The number of nitrogens with zero attached hydrogens (tertiary/aromatic N) is 4. The van der Waals surface area contributed by atoms with Crippen molar-refractivity contribution in [2.75, 3.05) is 18.9 Å². The maximum Gasteiger partial charge on any atom is 0.490 e. The van der Waals surface area contributed by atoms with Crippen LogP contribution >= 0.6 is 23.5 Å². The number of phosphoric ester groups is 1. The van der Waals surface area contributed by atoms with Gasteiger partial charge >= 0.3 is 23.5 Å². The highest BCUT2D eigenvalue weighted by Crippen LogP contribution is 2.66. The number of nitrogen functional groups attached to an aromatic ring is 1. The van der Waals surface area contributed by atoms with Gasteiger partial charge in [0.1, 0.15) is 17.4 Å². The lowest BCUT2D eigenvalue weighted by atomic mass is 9.87. The van der Waals surface area contributed by atoms with Crippen molar-refractivity contribution >= 4 is 40.4 Å². The summed E-state index contributed by atoms with van der Waals surface area (Å²) in [5.41, 5.74) is 4.30. The fraction of sp³-hybridized carbons (Fsp3) is 0.583. The van der Waals surface area contributed by atoms with Crippen LogP contribution in [0.15, 0.2) is 12.7 Å². The number of rotatable bonds is 9. The van der Waals surface area contributed by atoms with Crippen molar-refractivity contribution in [1.82, 2.24) is 19.5 Å².